The Bertz CT molecular complexity index is 1050. The fourth-order valence-corrected chi connectivity index (χ4v) is 3.69. The van der Waals surface area contributed by atoms with E-state index in [1.807, 2.05) is 74.7 Å². The lowest BCUT2D eigenvalue weighted by Gasteiger charge is -2.07. The summed E-state index contributed by atoms with van der Waals surface area (Å²) in [7, 11) is 0. The van der Waals surface area contributed by atoms with Gasteiger partial charge in [0.1, 0.15) is 5.69 Å². The molecule has 3 aromatic rings. The molecule has 1 aliphatic heterocycles. The first-order chi connectivity index (χ1) is 12.6. The minimum Gasteiger partial charge on any atom is -0.493 e. The summed E-state index contributed by atoms with van der Waals surface area (Å²) < 4.78 is 1.78. The maximum absolute atomic E-state index is 10.9. The molecule has 4 rings (SSSR count). The molecule has 0 fully saturated rings. The highest BCUT2D eigenvalue weighted by atomic mass is 32.2. The molecule has 0 unspecified atom stereocenters. The second-order valence-corrected chi connectivity index (χ2v) is 7.02. The van der Waals surface area contributed by atoms with E-state index in [4.69, 9.17) is 0 Å². The number of aliphatic imine (C=N–C) groups is 1. The third-order valence-corrected chi connectivity index (χ3v) is 5.12. The molecule has 0 radical (unpaired) electrons. The van der Waals surface area contributed by atoms with Crippen molar-refractivity contribution in [2.24, 2.45) is 4.99 Å². The first-order valence-corrected chi connectivity index (χ1v) is 9.60. The van der Waals surface area contributed by atoms with E-state index in [1.165, 1.54) is 17.3 Å². The van der Waals surface area contributed by atoms with Crippen molar-refractivity contribution < 1.29 is 5.11 Å². The van der Waals surface area contributed by atoms with Crippen molar-refractivity contribution in [3.05, 3.63) is 65.4 Å². The van der Waals surface area contributed by atoms with Crippen molar-refractivity contribution in [2.75, 3.05) is 6.26 Å². The molecule has 0 bridgehead atoms. The largest absolute Gasteiger partial charge is 0.493 e. The SMILES string of the molecule is CSc1nc(/C=C2/C(C)=Nc3ccccc32)c(O)n1-c1ccc(C)cc1. The molecule has 5 heteroatoms. The molecule has 2 aromatic carbocycles. The van der Waals surface area contributed by atoms with Gasteiger partial charge in [-0.3, -0.25) is 9.56 Å². The Labute approximate surface area is 156 Å². The van der Waals surface area contributed by atoms with Crippen LogP contribution < -0.4 is 0 Å². The summed E-state index contributed by atoms with van der Waals surface area (Å²) in [6, 6.07) is 16.1. The summed E-state index contributed by atoms with van der Waals surface area (Å²) in [5, 5.41) is 11.6. The maximum atomic E-state index is 10.9. The molecular formula is C21H19N3OS. The number of hydrogen-bond donors (Lipinski definition) is 1. The fourth-order valence-electron chi connectivity index (χ4n) is 3.12. The van der Waals surface area contributed by atoms with Gasteiger partial charge >= 0.3 is 0 Å². The topological polar surface area (TPSA) is 50.4 Å². The van der Waals surface area contributed by atoms with Gasteiger partial charge in [-0.05, 0) is 44.4 Å². The van der Waals surface area contributed by atoms with Crippen LogP contribution in [0.5, 0.6) is 5.88 Å². The van der Waals surface area contributed by atoms with Crippen molar-refractivity contribution in [2.45, 2.75) is 19.0 Å². The average Bonchev–Trinajstić information content (AvgIpc) is 3.13. The van der Waals surface area contributed by atoms with Gasteiger partial charge in [-0.15, -0.1) is 0 Å². The Morgan fingerprint density at radius 3 is 2.50 bits per heavy atom. The lowest BCUT2D eigenvalue weighted by atomic mass is 10.0. The van der Waals surface area contributed by atoms with Gasteiger partial charge in [0.05, 0.1) is 11.4 Å². The molecule has 1 aliphatic rings. The van der Waals surface area contributed by atoms with Crippen molar-refractivity contribution in [1.82, 2.24) is 9.55 Å². The summed E-state index contributed by atoms with van der Waals surface area (Å²) in [6.07, 6.45) is 3.88. The molecule has 130 valence electrons. The quantitative estimate of drug-likeness (QED) is 0.648. The molecule has 0 aliphatic carbocycles. The van der Waals surface area contributed by atoms with Gasteiger partial charge in [0.2, 0.25) is 5.88 Å². The molecule has 0 atom stereocenters. The van der Waals surface area contributed by atoms with Crippen LogP contribution in [0.3, 0.4) is 0 Å². The Kier molecular flexibility index (Phi) is 4.17. The number of rotatable bonds is 3. The molecule has 0 saturated carbocycles. The van der Waals surface area contributed by atoms with Gasteiger partial charge in [-0.2, -0.15) is 0 Å². The zero-order valence-electron chi connectivity index (χ0n) is 14.9. The molecule has 0 saturated heterocycles. The van der Waals surface area contributed by atoms with E-state index >= 15 is 0 Å². The smallest absolute Gasteiger partial charge is 0.224 e. The Hall–Kier alpha value is -2.79. The van der Waals surface area contributed by atoms with E-state index in [-0.39, 0.29) is 5.88 Å². The van der Waals surface area contributed by atoms with Crippen LogP contribution in [-0.2, 0) is 0 Å². The highest BCUT2D eigenvalue weighted by Gasteiger charge is 2.21. The van der Waals surface area contributed by atoms with Gasteiger partial charge in [0.25, 0.3) is 0 Å². The summed E-state index contributed by atoms with van der Waals surface area (Å²) in [5.74, 6) is 0.142. The van der Waals surface area contributed by atoms with Crippen LogP contribution in [0.2, 0.25) is 0 Å². The maximum Gasteiger partial charge on any atom is 0.224 e. The Morgan fingerprint density at radius 2 is 1.77 bits per heavy atom. The van der Waals surface area contributed by atoms with Crippen molar-refractivity contribution in [3.8, 4) is 11.6 Å². The normalized spacial score (nSPS) is 14.6. The van der Waals surface area contributed by atoms with Gasteiger partial charge in [0.15, 0.2) is 5.16 Å². The van der Waals surface area contributed by atoms with Gasteiger partial charge in [0, 0.05) is 16.8 Å². The van der Waals surface area contributed by atoms with E-state index in [2.05, 4.69) is 9.98 Å². The standard InChI is InChI=1S/C21H19N3OS/c1-13-8-10-15(11-9-13)24-20(25)19(23-21(24)26-3)12-17-14(2)22-18-7-5-4-6-16(17)18/h4-12,25H,1-3H3/b17-12-. The van der Waals surface area contributed by atoms with E-state index < -0.39 is 0 Å². The van der Waals surface area contributed by atoms with Crippen LogP contribution in [0.15, 0.2) is 58.7 Å². The number of aromatic nitrogens is 2. The fraction of sp³-hybridized carbons (Fsp3) is 0.143. The average molecular weight is 361 g/mol. The molecule has 4 nitrogen and oxygen atoms in total. The van der Waals surface area contributed by atoms with E-state index in [0.29, 0.717) is 5.69 Å². The van der Waals surface area contributed by atoms with Crippen LogP contribution in [-0.4, -0.2) is 26.6 Å². The number of imidazole rings is 1. The molecule has 26 heavy (non-hydrogen) atoms. The zero-order chi connectivity index (χ0) is 18.3. The van der Waals surface area contributed by atoms with Crippen molar-refractivity contribution >= 4 is 34.8 Å². The monoisotopic (exact) mass is 361 g/mol. The van der Waals surface area contributed by atoms with Crippen LogP contribution in [0.1, 0.15) is 23.7 Å². The third-order valence-electron chi connectivity index (χ3n) is 4.48. The van der Waals surface area contributed by atoms with Gasteiger partial charge < -0.3 is 5.11 Å². The minimum atomic E-state index is 0.142. The van der Waals surface area contributed by atoms with E-state index in [1.54, 1.807) is 4.57 Å². The highest BCUT2D eigenvalue weighted by Crippen LogP contribution is 2.38. The second kappa shape index (κ2) is 6.50. The van der Waals surface area contributed by atoms with E-state index in [0.717, 1.165) is 33.4 Å². The summed E-state index contributed by atoms with van der Waals surface area (Å²) in [5.41, 5.74) is 6.58. The van der Waals surface area contributed by atoms with Crippen LogP contribution in [0.4, 0.5) is 5.69 Å². The zero-order valence-corrected chi connectivity index (χ0v) is 15.7. The van der Waals surface area contributed by atoms with E-state index in [9.17, 15) is 5.11 Å². The number of allylic oxidation sites excluding steroid dienone is 1. The van der Waals surface area contributed by atoms with Crippen LogP contribution >= 0.6 is 11.8 Å². The highest BCUT2D eigenvalue weighted by molar-refractivity contribution is 7.98. The summed E-state index contributed by atoms with van der Waals surface area (Å²) in [4.78, 5) is 9.25. The number of benzene rings is 2. The minimum absolute atomic E-state index is 0.142. The molecular weight excluding hydrogens is 342 g/mol. The van der Waals surface area contributed by atoms with Crippen molar-refractivity contribution in [3.63, 3.8) is 0 Å². The Balaban J connectivity index is 1.84. The lowest BCUT2D eigenvalue weighted by molar-refractivity contribution is 0.436. The molecule has 0 spiro atoms. The number of aryl methyl sites for hydroxylation is 1. The van der Waals surface area contributed by atoms with Crippen molar-refractivity contribution in [1.29, 1.82) is 0 Å². The summed E-state index contributed by atoms with van der Waals surface area (Å²) in [6.45, 7) is 4.03. The third kappa shape index (κ3) is 2.74. The number of fused-ring (bicyclic) bond motifs is 1. The first-order valence-electron chi connectivity index (χ1n) is 8.38. The number of hydrogen-bond acceptors (Lipinski definition) is 4. The molecule has 1 N–H and O–H groups in total. The van der Waals surface area contributed by atoms with Crippen LogP contribution in [0, 0.1) is 6.92 Å². The lowest BCUT2D eigenvalue weighted by Crippen LogP contribution is -1.95. The molecule has 1 aromatic heterocycles. The molecule has 0 amide bonds. The number of para-hydroxylation sites is 1. The predicted molar refractivity (Wildman–Crippen MR) is 109 cm³/mol. The number of thioether (sulfide) groups is 1. The van der Waals surface area contributed by atoms with Crippen LogP contribution in [0.25, 0.3) is 17.3 Å². The summed E-state index contributed by atoms with van der Waals surface area (Å²) >= 11 is 1.51. The number of aromatic hydroxyl groups is 1. The Morgan fingerprint density at radius 1 is 1.04 bits per heavy atom. The number of nitrogens with zero attached hydrogens (tertiary/aromatic N) is 3. The second-order valence-electron chi connectivity index (χ2n) is 6.25. The van der Waals surface area contributed by atoms with Gasteiger partial charge in [-0.1, -0.05) is 47.7 Å². The van der Waals surface area contributed by atoms with Gasteiger partial charge in [-0.25, -0.2) is 4.98 Å². The first kappa shape index (κ1) is 16.7. The predicted octanol–water partition coefficient (Wildman–Crippen LogP) is 5.25. The molecule has 2 heterocycles.